The van der Waals surface area contributed by atoms with Crippen LogP contribution in [0.4, 0.5) is 18.9 Å². The lowest BCUT2D eigenvalue weighted by molar-refractivity contribution is -0.137. The fourth-order valence-corrected chi connectivity index (χ4v) is 1.46. The van der Waals surface area contributed by atoms with E-state index in [1.54, 1.807) is 0 Å². The van der Waals surface area contributed by atoms with Crippen molar-refractivity contribution in [3.63, 3.8) is 0 Å². The van der Waals surface area contributed by atoms with Gasteiger partial charge in [0.05, 0.1) is 16.3 Å². The zero-order valence-electron chi connectivity index (χ0n) is 9.69. The minimum Gasteiger partial charge on any atom is -0.478 e. The van der Waals surface area contributed by atoms with Gasteiger partial charge in [-0.25, -0.2) is 15.6 Å². The summed E-state index contributed by atoms with van der Waals surface area (Å²) < 4.78 is 37.9. The zero-order chi connectivity index (χ0) is 15.5. The smallest absolute Gasteiger partial charge is 0.417 e. The number of hydrazine groups is 1. The molecular formula is C11H8ClF3N2O3. The molecule has 0 bridgehead atoms. The molecule has 0 aliphatic heterocycles. The van der Waals surface area contributed by atoms with E-state index < -0.39 is 28.6 Å². The van der Waals surface area contributed by atoms with Crippen LogP contribution in [0.3, 0.4) is 0 Å². The lowest BCUT2D eigenvalue weighted by atomic mass is 10.2. The predicted octanol–water partition coefficient (Wildman–Crippen LogP) is 2.21. The Bertz CT molecular complexity index is 573. The molecule has 0 atom stereocenters. The number of aliphatic carboxylic acids is 1. The lowest BCUT2D eigenvalue weighted by Gasteiger charge is -2.17. The Morgan fingerprint density at radius 3 is 2.40 bits per heavy atom. The molecule has 1 aromatic carbocycles. The van der Waals surface area contributed by atoms with Gasteiger partial charge < -0.3 is 5.11 Å². The molecule has 5 nitrogen and oxygen atoms in total. The van der Waals surface area contributed by atoms with E-state index in [0.717, 1.165) is 12.1 Å². The number of rotatable bonds is 3. The number of nitrogens with two attached hydrogens (primary N) is 1. The summed E-state index contributed by atoms with van der Waals surface area (Å²) in [6.07, 6.45) is -3.57. The van der Waals surface area contributed by atoms with Crippen molar-refractivity contribution in [1.29, 1.82) is 0 Å². The van der Waals surface area contributed by atoms with Crippen LogP contribution < -0.4 is 10.9 Å². The van der Waals surface area contributed by atoms with E-state index in [0.29, 0.717) is 23.2 Å². The number of benzene rings is 1. The van der Waals surface area contributed by atoms with Gasteiger partial charge in [-0.3, -0.25) is 4.79 Å². The van der Waals surface area contributed by atoms with E-state index in [9.17, 15) is 22.8 Å². The number of nitrogens with zero attached hydrogens (tertiary/aromatic N) is 1. The number of carboxylic acid groups (broad SMARTS) is 1. The number of hydrogen-bond acceptors (Lipinski definition) is 3. The third-order valence-electron chi connectivity index (χ3n) is 2.14. The molecule has 0 heterocycles. The molecular weight excluding hydrogens is 301 g/mol. The van der Waals surface area contributed by atoms with Gasteiger partial charge in [-0.05, 0) is 18.2 Å². The average molecular weight is 309 g/mol. The van der Waals surface area contributed by atoms with Gasteiger partial charge in [0.1, 0.15) is 0 Å². The number of anilines is 1. The first kappa shape index (κ1) is 16.0. The molecule has 108 valence electrons. The van der Waals surface area contributed by atoms with Crippen molar-refractivity contribution < 1.29 is 27.9 Å². The van der Waals surface area contributed by atoms with Crippen LogP contribution >= 0.6 is 11.6 Å². The molecule has 1 amide bonds. The molecule has 0 aromatic heterocycles. The molecule has 0 unspecified atom stereocenters. The van der Waals surface area contributed by atoms with Crippen molar-refractivity contribution in [1.82, 2.24) is 0 Å². The van der Waals surface area contributed by atoms with Crippen LogP contribution in [0, 0.1) is 0 Å². The first-order chi connectivity index (χ1) is 9.12. The second-order valence-corrected chi connectivity index (χ2v) is 3.95. The highest BCUT2D eigenvalue weighted by Crippen LogP contribution is 2.36. The van der Waals surface area contributed by atoms with Crippen LogP contribution in [0.1, 0.15) is 5.56 Å². The minimum atomic E-state index is -4.70. The second-order valence-electron chi connectivity index (χ2n) is 3.54. The van der Waals surface area contributed by atoms with Crippen molar-refractivity contribution in [2.24, 2.45) is 5.84 Å². The molecule has 0 saturated heterocycles. The lowest BCUT2D eigenvalue weighted by Crippen LogP contribution is -2.36. The summed E-state index contributed by atoms with van der Waals surface area (Å²) >= 11 is 5.41. The fraction of sp³-hybridized carbons (Fsp3) is 0.0909. The maximum absolute atomic E-state index is 12.6. The van der Waals surface area contributed by atoms with E-state index in [4.69, 9.17) is 22.6 Å². The summed E-state index contributed by atoms with van der Waals surface area (Å²) in [6.45, 7) is 0. The summed E-state index contributed by atoms with van der Waals surface area (Å²) in [5, 5.41) is 8.18. The number of alkyl halides is 3. The number of carboxylic acids is 1. The third kappa shape index (κ3) is 3.97. The zero-order valence-corrected chi connectivity index (χ0v) is 10.4. The Hall–Kier alpha value is -2.06. The summed E-state index contributed by atoms with van der Waals surface area (Å²) in [4.78, 5) is 21.7. The third-order valence-corrected chi connectivity index (χ3v) is 2.47. The van der Waals surface area contributed by atoms with Crippen LogP contribution in [0.2, 0.25) is 5.02 Å². The van der Waals surface area contributed by atoms with Crippen LogP contribution in [-0.4, -0.2) is 17.0 Å². The minimum absolute atomic E-state index is 0.276. The summed E-state index contributed by atoms with van der Waals surface area (Å²) in [7, 11) is 0. The predicted molar refractivity (Wildman–Crippen MR) is 64.9 cm³/mol. The number of amides is 1. The monoisotopic (exact) mass is 308 g/mol. The van der Waals surface area contributed by atoms with E-state index in [1.165, 1.54) is 0 Å². The maximum atomic E-state index is 12.6. The SMILES string of the molecule is NN(C(=O)/C=C\C(=O)O)c1ccc(Cl)c(C(F)(F)F)c1. The topological polar surface area (TPSA) is 83.6 Å². The highest BCUT2D eigenvalue weighted by molar-refractivity contribution is 6.31. The summed E-state index contributed by atoms with van der Waals surface area (Å²) in [5.74, 6) is 2.93. The molecule has 20 heavy (non-hydrogen) atoms. The quantitative estimate of drug-likeness (QED) is 0.388. The Morgan fingerprint density at radius 2 is 1.90 bits per heavy atom. The van der Waals surface area contributed by atoms with Gasteiger partial charge in [-0.15, -0.1) is 0 Å². The Balaban J connectivity index is 3.09. The van der Waals surface area contributed by atoms with Crippen molar-refractivity contribution in [2.75, 3.05) is 5.01 Å². The molecule has 0 radical (unpaired) electrons. The molecule has 3 N–H and O–H groups in total. The van der Waals surface area contributed by atoms with Crippen molar-refractivity contribution >= 4 is 29.2 Å². The van der Waals surface area contributed by atoms with Crippen LogP contribution in [-0.2, 0) is 15.8 Å². The fourth-order valence-electron chi connectivity index (χ4n) is 1.23. The first-order valence-electron chi connectivity index (χ1n) is 4.99. The first-order valence-corrected chi connectivity index (χ1v) is 5.37. The average Bonchev–Trinajstić information content (AvgIpc) is 2.34. The van der Waals surface area contributed by atoms with E-state index in [2.05, 4.69) is 0 Å². The van der Waals surface area contributed by atoms with Gasteiger partial charge in [0.15, 0.2) is 0 Å². The Morgan fingerprint density at radius 1 is 1.30 bits per heavy atom. The van der Waals surface area contributed by atoms with Crippen LogP contribution in [0.25, 0.3) is 0 Å². The van der Waals surface area contributed by atoms with Crippen molar-refractivity contribution in [3.05, 3.63) is 40.9 Å². The normalized spacial score (nSPS) is 11.7. The van der Waals surface area contributed by atoms with E-state index in [-0.39, 0.29) is 5.69 Å². The molecule has 0 saturated carbocycles. The highest BCUT2D eigenvalue weighted by atomic mass is 35.5. The number of carbonyl (C=O) groups excluding carboxylic acids is 1. The Labute approximate surface area is 116 Å². The van der Waals surface area contributed by atoms with Crippen LogP contribution in [0.15, 0.2) is 30.4 Å². The molecule has 0 aliphatic carbocycles. The van der Waals surface area contributed by atoms with Crippen molar-refractivity contribution in [2.45, 2.75) is 6.18 Å². The number of carbonyl (C=O) groups is 2. The van der Waals surface area contributed by atoms with Gasteiger partial charge in [0.25, 0.3) is 5.91 Å². The van der Waals surface area contributed by atoms with Gasteiger partial charge >= 0.3 is 12.1 Å². The second kappa shape index (κ2) is 5.93. The number of halogens is 4. The summed E-state index contributed by atoms with van der Waals surface area (Å²) in [5.41, 5.74) is -1.43. The van der Waals surface area contributed by atoms with Crippen LogP contribution in [0.5, 0.6) is 0 Å². The van der Waals surface area contributed by atoms with Gasteiger partial charge in [-0.1, -0.05) is 11.6 Å². The summed E-state index contributed by atoms with van der Waals surface area (Å²) in [6, 6.07) is 2.63. The molecule has 9 heteroatoms. The molecule has 0 fully saturated rings. The largest absolute Gasteiger partial charge is 0.478 e. The van der Waals surface area contributed by atoms with Crippen molar-refractivity contribution in [3.8, 4) is 0 Å². The molecule has 1 rings (SSSR count). The standard InChI is InChI=1S/C11H8ClF3N2O3/c12-8-2-1-6(5-7(8)11(13,14)15)17(16)9(18)3-4-10(19)20/h1-5H,16H2,(H,19,20)/b4-3-. The highest BCUT2D eigenvalue weighted by Gasteiger charge is 2.33. The van der Waals surface area contributed by atoms with Gasteiger partial charge in [0, 0.05) is 12.2 Å². The van der Waals surface area contributed by atoms with E-state index in [1.807, 2.05) is 0 Å². The maximum Gasteiger partial charge on any atom is 0.417 e. The van der Waals surface area contributed by atoms with E-state index >= 15 is 0 Å². The number of hydrogen-bond donors (Lipinski definition) is 2. The van der Waals surface area contributed by atoms with Gasteiger partial charge in [-0.2, -0.15) is 13.2 Å². The Kier molecular flexibility index (Phi) is 4.74. The molecule has 0 spiro atoms. The molecule has 1 aromatic rings. The molecule has 0 aliphatic rings. The van der Waals surface area contributed by atoms with Gasteiger partial charge in [0.2, 0.25) is 0 Å².